The van der Waals surface area contributed by atoms with Gasteiger partial charge in [0, 0.05) is 31.0 Å². The molecule has 2 aliphatic rings. The molecule has 0 bridgehead atoms. The Labute approximate surface area is 194 Å². The number of benzene rings is 1. The number of carboxylic acids is 1. The number of carboxylic acid groups (broad SMARTS) is 1. The molecular formula is C25H32ClNO5. The molecule has 1 N–H and O–H groups in total. The molecule has 2 aromatic rings. The minimum Gasteiger partial charge on any atom is -0.492 e. The van der Waals surface area contributed by atoms with Crippen molar-refractivity contribution >= 4 is 17.6 Å². The monoisotopic (exact) mass is 461 g/mol. The Morgan fingerprint density at radius 3 is 2.53 bits per heavy atom. The molecule has 1 aliphatic carbocycles. The van der Waals surface area contributed by atoms with Gasteiger partial charge >= 0.3 is 5.97 Å². The SMILES string of the molecule is CC.COC1CC(COc2cc3c(cc2Cl)-c2cc(=O)c(C(=O)O)cn2C(C(C)C)C3)C1. The van der Waals surface area contributed by atoms with Gasteiger partial charge in [0.15, 0.2) is 5.43 Å². The van der Waals surface area contributed by atoms with Gasteiger partial charge in [0.2, 0.25) is 0 Å². The van der Waals surface area contributed by atoms with Crippen LogP contribution in [0.25, 0.3) is 11.3 Å². The summed E-state index contributed by atoms with van der Waals surface area (Å²) < 4.78 is 13.3. The first-order valence-electron chi connectivity index (χ1n) is 11.3. The quantitative estimate of drug-likeness (QED) is 0.618. The van der Waals surface area contributed by atoms with Crippen LogP contribution >= 0.6 is 11.6 Å². The highest BCUT2D eigenvalue weighted by Crippen LogP contribution is 2.42. The molecule has 0 amide bonds. The minimum absolute atomic E-state index is 0.0364. The lowest BCUT2D eigenvalue weighted by atomic mass is 9.83. The van der Waals surface area contributed by atoms with Crippen molar-refractivity contribution in [3.63, 3.8) is 0 Å². The highest BCUT2D eigenvalue weighted by atomic mass is 35.5. The van der Waals surface area contributed by atoms with E-state index in [1.54, 1.807) is 7.11 Å². The van der Waals surface area contributed by atoms with Crippen LogP contribution in [0, 0.1) is 11.8 Å². The summed E-state index contributed by atoms with van der Waals surface area (Å²) in [6, 6.07) is 5.24. The zero-order valence-electron chi connectivity index (χ0n) is 19.4. The maximum Gasteiger partial charge on any atom is 0.341 e. The van der Waals surface area contributed by atoms with Crippen LogP contribution in [-0.2, 0) is 11.2 Å². The molecule has 2 heterocycles. The van der Waals surface area contributed by atoms with Crippen molar-refractivity contribution in [1.82, 2.24) is 4.57 Å². The number of hydrogen-bond donors (Lipinski definition) is 1. The van der Waals surface area contributed by atoms with Crippen LogP contribution in [0.3, 0.4) is 0 Å². The first-order chi connectivity index (χ1) is 15.3. The van der Waals surface area contributed by atoms with Gasteiger partial charge in [-0.3, -0.25) is 4.79 Å². The Hall–Kier alpha value is -2.31. The van der Waals surface area contributed by atoms with E-state index in [-0.39, 0.29) is 17.5 Å². The summed E-state index contributed by atoms with van der Waals surface area (Å²) >= 11 is 6.52. The fourth-order valence-corrected chi connectivity index (χ4v) is 4.62. The number of fused-ring (bicyclic) bond motifs is 3. The molecule has 1 atom stereocenters. The molecule has 7 heteroatoms. The molecule has 6 nitrogen and oxygen atoms in total. The molecular weight excluding hydrogens is 430 g/mol. The Morgan fingerprint density at radius 1 is 1.25 bits per heavy atom. The highest BCUT2D eigenvalue weighted by Gasteiger charge is 2.31. The molecule has 1 saturated carbocycles. The number of hydrogen-bond acceptors (Lipinski definition) is 4. The van der Waals surface area contributed by atoms with Crippen molar-refractivity contribution in [2.24, 2.45) is 11.8 Å². The van der Waals surface area contributed by atoms with Crippen LogP contribution in [0.4, 0.5) is 0 Å². The van der Waals surface area contributed by atoms with Crippen LogP contribution in [0.2, 0.25) is 5.02 Å². The van der Waals surface area contributed by atoms with E-state index in [4.69, 9.17) is 21.1 Å². The molecule has 174 valence electrons. The number of carbonyl (C=O) groups is 1. The Balaban J connectivity index is 0.00000141. The van der Waals surface area contributed by atoms with Crippen LogP contribution in [0.15, 0.2) is 29.2 Å². The first-order valence-corrected chi connectivity index (χ1v) is 11.6. The van der Waals surface area contributed by atoms with Crippen molar-refractivity contribution in [2.75, 3.05) is 13.7 Å². The van der Waals surface area contributed by atoms with E-state index < -0.39 is 11.4 Å². The number of halogens is 1. The fraction of sp³-hybridized carbons (Fsp3) is 0.520. The standard InChI is InChI=1S/C23H26ClNO5.C2H6/c1-12(2)19-6-14-7-22(30-11-13-4-15(5-13)29-3)18(24)8-16(14)20-9-21(26)17(23(27)28)10-25(19)20;1-2/h7-10,12-13,15,19H,4-6,11H2,1-3H3,(H,27,28);1-2H3. The van der Waals surface area contributed by atoms with E-state index in [0.29, 0.717) is 41.5 Å². The van der Waals surface area contributed by atoms with E-state index in [1.807, 2.05) is 30.5 Å². The second-order valence-corrected chi connectivity index (χ2v) is 9.02. The maximum absolute atomic E-state index is 12.4. The number of aromatic nitrogens is 1. The van der Waals surface area contributed by atoms with Crippen LogP contribution < -0.4 is 10.2 Å². The minimum atomic E-state index is -1.21. The number of pyridine rings is 1. The topological polar surface area (TPSA) is 77.8 Å². The van der Waals surface area contributed by atoms with Crippen molar-refractivity contribution in [3.8, 4) is 17.0 Å². The van der Waals surface area contributed by atoms with Gasteiger partial charge in [-0.25, -0.2) is 4.79 Å². The molecule has 1 unspecified atom stereocenters. The van der Waals surface area contributed by atoms with Crippen LogP contribution in [0.1, 0.15) is 62.5 Å². The van der Waals surface area contributed by atoms with Gasteiger partial charge < -0.3 is 19.1 Å². The lowest BCUT2D eigenvalue weighted by Crippen LogP contribution is -2.34. The van der Waals surface area contributed by atoms with Gasteiger partial charge in [-0.15, -0.1) is 0 Å². The molecule has 0 radical (unpaired) electrons. The third kappa shape index (κ3) is 4.71. The largest absolute Gasteiger partial charge is 0.492 e. The highest BCUT2D eigenvalue weighted by molar-refractivity contribution is 6.32. The zero-order chi connectivity index (χ0) is 23.6. The second kappa shape index (κ2) is 10.1. The van der Waals surface area contributed by atoms with Gasteiger partial charge in [-0.1, -0.05) is 39.3 Å². The second-order valence-electron chi connectivity index (χ2n) is 8.61. The third-order valence-corrected chi connectivity index (χ3v) is 6.60. The van der Waals surface area contributed by atoms with E-state index >= 15 is 0 Å². The predicted molar refractivity (Wildman–Crippen MR) is 126 cm³/mol. The maximum atomic E-state index is 12.4. The van der Waals surface area contributed by atoms with Crippen molar-refractivity contribution in [3.05, 3.63) is 50.8 Å². The number of methoxy groups -OCH3 is 1. The van der Waals surface area contributed by atoms with E-state index in [0.717, 1.165) is 24.0 Å². The van der Waals surface area contributed by atoms with Gasteiger partial charge in [-0.05, 0) is 48.8 Å². The molecule has 4 rings (SSSR count). The third-order valence-electron chi connectivity index (χ3n) is 6.30. The molecule has 0 saturated heterocycles. The van der Waals surface area contributed by atoms with Crippen LogP contribution in [0.5, 0.6) is 5.75 Å². The summed E-state index contributed by atoms with van der Waals surface area (Å²) in [5.41, 5.74) is 1.88. The summed E-state index contributed by atoms with van der Waals surface area (Å²) in [5.74, 6) is 0.162. The lowest BCUT2D eigenvalue weighted by Gasteiger charge is -2.35. The molecule has 1 aliphatic heterocycles. The van der Waals surface area contributed by atoms with E-state index in [2.05, 4.69) is 13.8 Å². The molecule has 32 heavy (non-hydrogen) atoms. The average molecular weight is 462 g/mol. The zero-order valence-corrected chi connectivity index (χ0v) is 20.1. The van der Waals surface area contributed by atoms with E-state index in [1.165, 1.54) is 12.3 Å². The van der Waals surface area contributed by atoms with Crippen molar-refractivity contribution in [2.45, 2.75) is 59.1 Å². The van der Waals surface area contributed by atoms with Gasteiger partial charge in [-0.2, -0.15) is 0 Å². The van der Waals surface area contributed by atoms with Crippen LogP contribution in [-0.4, -0.2) is 35.5 Å². The van der Waals surface area contributed by atoms with Crippen molar-refractivity contribution in [1.29, 1.82) is 0 Å². The number of rotatable bonds is 6. The van der Waals surface area contributed by atoms with Crippen molar-refractivity contribution < 1.29 is 19.4 Å². The number of aromatic carboxylic acids is 1. The summed E-state index contributed by atoms with van der Waals surface area (Å²) in [6.07, 6.45) is 4.50. The first kappa shape index (κ1) is 24.3. The van der Waals surface area contributed by atoms with Gasteiger partial charge in [0.05, 0.1) is 23.4 Å². The Kier molecular flexibility index (Phi) is 7.67. The smallest absolute Gasteiger partial charge is 0.341 e. The van der Waals surface area contributed by atoms with Gasteiger partial charge in [0.1, 0.15) is 11.3 Å². The molecule has 1 fully saturated rings. The number of nitrogens with zero attached hydrogens (tertiary/aromatic N) is 1. The molecule has 0 spiro atoms. The Morgan fingerprint density at radius 2 is 1.94 bits per heavy atom. The Bertz CT molecular complexity index is 1040. The van der Waals surface area contributed by atoms with E-state index in [9.17, 15) is 14.7 Å². The molecule has 1 aromatic carbocycles. The summed E-state index contributed by atoms with van der Waals surface area (Å²) in [6.45, 7) is 8.78. The summed E-state index contributed by atoms with van der Waals surface area (Å²) in [7, 11) is 1.73. The van der Waals surface area contributed by atoms with Gasteiger partial charge in [0.25, 0.3) is 0 Å². The summed E-state index contributed by atoms with van der Waals surface area (Å²) in [5, 5.41) is 9.86. The lowest BCUT2D eigenvalue weighted by molar-refractivity contribution is -0.0141. The fourth-order valence-electron chi connectivity index (χ4n) is 4.41. The summed E-state index contributed by atoms with van der Waals surface area (Å²) in [4.78, 5) is 23.8. The number of ether oxygens (including phenoxy) is 2. The molecule has 1 aromatic heterocycles. The normalized spacial score (nSPS) is 21.0. The predicted octanol–water partition coefficient (Wildman–Crippen LogP) is 5.45. The average Bonchev–Trinajstić information content (AvgIpc) is 2.73.